The number of benzene rings is 1. The Morgan fingerprint density at radius 3 is 2.64 bits per heavy atom. The molecule has 0 aliphatic carbocycles. The van der Waals surface area contributed by atoms with Gasteiger partial charge in [0.1, 0.15) is 0 Å². The zero-order valence-electron chi connectivity index (χ0n) is 13.8. The molecule has 1 aromatic carbocycles. The largest absolute Gasteiger partial charge is 0.437 e. The van der Waals surface area contributed by atoms with Crippen LogP contribution in [-0.4, -0.2) is 39.3 Å². The Bertz CT molecular complexity index is 729. The van der Waals surface area contributed by atoms with Gasteiger partial charge in [0.2, 0.25) is 5.91 Å². The summed E-state index contributed by atoms with van der Waals surface area (Å²) in [6.07, 6.45) is -2.47. The van der Waals surface area contributed by atoms with E-state index in [0.717, 1.165) is 12.8 Å². The highest BCUT2D eigenvalue weighted by atomic mass is 19.4. The first-order chi connectivity index (χ1) is 11.9. The maximum atomic E-state index is 12.9. The number of rotatable bonds is 5. The number of likely N-dealkylation sites (tertiary alicyclic amines) is 1. The third kappa shape index (κ3) is 3.83. The van der Waals surface area contributed by atoms with E-state index in [1.165, 1.54) is 5.56 Å². The first kappa shape index (κ1) is 17.4. The van der Waals surface area contributed by atoms with Crippen LogP contribution >= 0.6 is 0 Å². The lowest BCUT2D eigenvalue weighted by Crippen LogP contribution is -2.30. The number of hydrogen-bond acceptors (Lipinski definition) is 3. The van der Waals surface area contributed by atoms with Gasteiger partial charge in [0.25, 0.3) is 0 Å². The minimum absolute atomic E-state index is 0.0268. The van der Waals surface area contributed by atoms with Crippen LogP contribution < -0.4 is 0 Å². The fourth-order valence-corrected chi connectivity index (χ4v) is 3.37. The topological polar surface area (TPSA) is 61.9 Å². The van der Waals surface area contributed by atoms with Crippen molar-refractivity contribution in [2.24, 2.45) is 5.92 Å². The summed E-state index contributed by atoms with van der Waals surface area (Å²) < 4.78 is 38.7. The van der Waals surface area contributed by atoms with Gasteiger partial charge in [-0.15, -0.1) is 0 Å². The van der Waals surface area contributed by atoms with Crippen LogP contribution in [0.15, 0.2) is 30.3 Å². The molecule has 0 radical (unpaired) electrons. The molecule has 2 atom stereocenters. The third-order valence-electron chi connectivity index (χ3n) is 4.74. The summed E-state index contributed by atoms with van der Waals surface area (Å²) in [6.45, 7) is 0. The maximum absolute atomic E-state index is 12.9. The van der Waals surface area contributed by atoms with E-state index in [1.54, 1.807) is 11.9 Å². The Hall–Kier alpha value is -2.38. The van der Waals surface area contributed by atoms with Crippen molar-refractivity contribution in [3.63, 3.8) is 0 Å². The molecule has 1 fully saturated rings. The molecule has 2 aromatic rings. The quantitative estimate of drug-likeness (QED) is 0.900. The molecule has 134 valence electrons. The van der Waals surface area contributed by atoms with Gasteiger partial charge >= 0.3 is 6.18 Å². The van der Waals surface area contributed by atoms with Gasteiger partial charge in [-0.3, -0.25) is 4.79 Å². The van der Waals surface area contributed by atoms with Crippen LogP contribution in [0.3, 0.4) is 0 Å². The van der Waals surface area contributed by atoms with Crippen LogP contribution in [0.5, 0.6) is 0 Å². The number of aryl methyl sites for hydroxylation is 1. The maximum Gasteiger partial charge on any atom is 0.437 e. The van der Waals surface area contributed by atoms with Crippen LogP contribution in [0.25, 0.3) is 0 Å². The first-order valence-corrected chi connectivity index (χ1v) is 8.13. The van der Waals surface area contributed by atoms with Crippen molar-refractivity contribution in [2.75, 3.05) is 7.05 Å². The second-order valence-electron chi connectivity index (χ2n) is 6.38. The summed E-state index contributed by atoms with van der Waals surface area (Å²) in [5, 5.41) is 8.80. The zero-order valence-corrected chi connectivity index (χ0v) is 13.8. The number of aromatic amines is 1. The number of H-pyrrole nitrogens is 1. The molecular formula is C17H19F3N4O. The molecule has 1 aromatic heterocycles. The molecule has 0 spiro atoms. The molecule has 1 amide bonds. The Balaban J connectivity index is 1.64. The van der Waals surface area contributed by atoms with Crippen molar-refractivity contribution in [1.82, 2.24) is 20.3 Å². The summed E-state index contributed by atoms with van der Waals surface area (Å²) in [7, 11) is 1.71. The van der Waals surface area contributed by atoms with Crippen molar-refractivity contribution >= 4 is 5.91 Å². The lowest BCUT2D eigenvalue weighted by atomic mass is 9.95. The fourth-order valence-electron chi connectivity index (χ4n) is 3.37. The van der Waals surface area contributed by atoms with E-state index in [-0.39, 0.29) is 24.1 Å². The summed E-state index contributed by atoms with van der Waals surface area (Å²) in [5.41, 5.74) is -0.0405. The SMILES string of the molecule is CN1C(=O)C(Cc2n[nH]nc2C(F)(F)F)CC1CCc1ccccc1. The van der Waals surface area contributed by atoms with Crippen LogP contribution in [0, 0.1) is 5.92 Å². The van der Waals surface area contributed by atoms with E-state index in [4.69, 9.17) is 0 Å². The molecule has 3 rings (SSSR count). The number of carbonyl (C=O) groups excluding carboxylic acids is 1. The van der Waals surface area contributed by atoms with Crippen molar-refractivity contribution in [2.45, 2.75) is 37.9 Å². The highest BCUT2D eigenvalue weighted by Gasteiger charge is 2.41. The molecule has 5 nitrogen and oxygen atoms in total. The number of alkyl halides is 3. The minimum Gasteiger partial charge on any atom is -0.342 e. The third-order valence-corrected chi connectivity index (χ3v) is 4.74. The standard InChI is InChI=1S/C17H19F3N4O/c1-24-13(8-7-11-5-3-2-4-6-11)9-12(16(24)25)10-14-15(17(18,19)20)22-23-21-14/h2-6,12-13H,7-10H2,1H3,(H,21,22,23). The van der Waals surface area contributed by atoms with Crippen LogP contribution in [0.2, 0.25) is 0 Å². The molecule has 1 N–H and O–H groups in total. The van der Waals surface area contributed by atoms with Crippen molar-refractivity contribution in [3.8, 4) is 0 Å². The first-order valence-electron chi connectivity index (χ1n) is 8.13. The Morgan fingerprint density at radius 2 is 1.96 bits per heavy atom. The number of carbonyl (C=O) groups is 1. The van der Waals surface area contributed by atoms with Gasteiger partial charge in [-0.1, -0.05) is 30.3 Å². The predicted octanol–water partition coefficient (Wildman–Crippen LogP) is 2.85. The van der Waals surface area contributed by atoms with Crippen molar-refractivity contribution in [1.29, 1.82) is 0 Å². The van der Waals surface area contributed by atoms with E-state index in [2.05, 4.69) is 10.2 Å². The lowest BCUT2D eigenvalue weighted by molar-refractivity contribution is -0.142. The Kier molecular flexibility index (Phi) is 4.78. The molecule has 2 unspecified atom stereocenters. The summed E-state index contributed by atoms with van der Waals surface area (Å²) in [4.78, 5) is 14.1. The van der Waals surface area contributed by atoms with Crippen LogP contribution in [0.4, 0.5) is 13.2 Å². The normalized spacial score (nSPS) is 21.1. The zero-order chi connectivity index (χ0) is 18.0. The van der Waals surface area contributed by atoms with Crippen molar-refractivity contribution < 1.29 is 18.0 Å². The molecule has 2 heterocycles. The number of nitrogens with zero attached hydrogens (tertiary/aromatic N) is 3. The van der Waals surface area contributed by atoms with Gasteiger partial charge in [0.05, 0.1) is 5.69 Å². The predicted molar refractivity (Wildman–Crippen MR) is 84.5 cm³/mol. The minimum atomic E-state index is -4.57. The second kappa shape index (κ2) is 6.85. The van der Waals surface area contributed by atoms with E-state index in [9.17, 15) is 18.0 Å². The number of nitrogens with one attached hydrogen (secondary N) is 1. The lowest BCUT2D eigenvalue weighted by Gasteiger charge is -2.19. The van der Waals surface area contributed by atoms with Gasteiger partial charge in [-0.05, 0) is 24.8 Å². The fraction of sp³-hybridized carbons (Fsp3) is 0.471. The van der Waals surface area contributed by atoms with Crippen molar-refractivity contribution in [3.05, 3.63) is 47.3 Å². The second-order valence-corrected chi connectivity index (χ2v) is 6.38. The average Bonchev–Trinajstić information content (AvgIpc) is 3.14. The number of halogens is 3. The summed E-state index contributed by atoms with van der Waals surface area (Å²) >= 11 is 0. The number of amides is 1. The summed E-state index contributed by atoms with van der Waals surface area (Å²) in [5.74, 6) is -0.619. The Labute approximate surface area is 143 Å². The van der Waals surface area contributed by atoms with Gasteiger partial charge in [0, 0.05) is 25.4 Å². The molecule has 1 saturated heterocycles. The molecular weight excluding hydrogens is 333 g/mol. The highest BCUT2D eigenvalue weighted by molar-refractivity contribution is 5.81. The monoisotopic (exact) mass is 352 g/mol. The molecule has 25 heavy (non-hydrogen) atoms. The van der Waals surface area contributed by atoms with Gasteiger partial charge in [-0.25, -0.2) is 0 Å². The summed E-state index contributed by atoms with van der Waals surface area (Å²) in [6, 6.07) is 9.95. The Morgan fingerprint density at radius 1 is 1.24 bits per heavy atom. The van der Waals surface area contributed by atoms with Gasteiger partial charge in [0.15, 0.2) is 5.69 Å². The number of aromatic nitrogens is 3. The number of hydrogen-bond donors (Lipinski definition) is 1. The van der Waals surface area contributed by atoms with Gasteiger partial charge in [-0.2, -0.15) is 28.6 Å². The average molecular weight is 352 g/mol. The highest BCUT2D eigenvalue weighted by Crippen LogP contribution is 2.33. The smallest absolute Gasteiger partial charge is 0.342 e. The molecule has 1 aliphatic heterocycles. The molecule has 0 saturated carbocycles. The van der Waals surface area contributed by atoms with E-state index < -0.39 is 17.8 Å². The van der Waals surface area contributed by atoms with Crippen LogP contribution in [-0.2, 0) is 23.8 Å². The van der Waals surface area contributed by atoms with E-state index in [1.807, 2.05) is 35.5 Å². The van der Waals surface area contributed by atoms with E-state index in [0.29, 0.717) is 6.42 Å². The van der Waals surface area contributed by atoms with Gasteiger partial charge < -0.3 is 4.90 Å². The van der Waals surface area contributed by atoms with E-state index >= 15 is 0 Å². The molecule has 8 heteroatoms. The molecule has 1 aliphatic rings. The molecule has 0 bridgehead atoms. The van der Waals surface area contributed by atoms with Crippen LogP contribution in [0.1, 0.15) is 29.8 Å².